The second kappa shape index (κ2) is 4.82. The monoisotopic (exact) mass is 326 g/mol. The molecule has 5 nitrogen and oxygen atoms in total. The maximum atomic E-state index is 10.8. The summed E-state index contributed by atoms with van der Waals surface area (Å²) in [6.45, 7) is 0. The number of aldehydes is 1. The van der Waals surface area contributed by atoms with Crippen LogP contribution in [-0.2, 0) is 0 Å². The van der Waals surface area contributed by atoms with E-state index in [1.165, 1.54) is 48.8 Å². The van der Waals surface area contributed by atoms with Crippen molar-refractivity contribution in [2.75, 3.05) is 0 Å². The number of carbonyl (C=O) groups excluding carboxylic acids is 1. The molecule has 20 heavy (non-hydrogen) atoms. The fourth-order valence-corrected chi connectivity index (χ4v) is 4.37. The summed E-state index contributed by atoms with van der Waals surface area (Å²) in [5.74, 6) is 1.70. The molecule has 0 N–H and O–H groups in total. The summed E-state index contributed by atoms with van der Waals surface area (Å²) in [6.07, 6.45) is 5.57. The first kappa shape index (κ1) is 12.8. The van der Waals surface area contributed by atoms with E-state index >= 15 is 0 Å². The van der Waals surface area contributed by atoms with Gasteiger partial charge in [0.1, 0.15) is 10.7 Å². The molecule has 104 valence electrons. The summed E-state index contributed by atoms with van der Waals surface area (Å²) in [7, 11) is 0. The van der Waals surface area contributed by atoms with E-state index in [1.807, 2.05) is 0 Å². The molecule has 2 aromatic heterocycles. The van der Waals surface area contributed by atoms with E-state index in [4.69, 9.17) is 11.6 Å². The zero-order valence-corrected chi connectivity index (χ0v) is 12.8. The maximum absolute atomic E-state index is 10.8. The number of nitrogens with zero attached hydrogens (tertiary/aromatic N) is 4. The molecule has 0 unspecified atom stereocenters. The van der Waals surface area contributed by atoms with Crippen LogP contribution < -0.4 is 0 Å². The van der Waals surface area contributed by atoms with Gasteiger partial charge < -0.3 is 4.57 Å². The Morgan fingerprint density at radius 2 is 2.10 bits per heavy atom. The van der Waals surface area contributed by atoms with Gasteiger partial charge in [-0.25, -0.2) is 4.98 Å². The average molecular weight is 327 g/mol. The zero-order valence-electron chi connectivity index (χ0n) is 10.5. The lowest BCUT2D eigenvalue weighted by Crippen LogP contribution is -2.01. The van der Waals surface area contributed by atoms with E-state index < -0.39 is 0 Å². The van der Waals surface area contributed by atoms with Crippen LogP contribution in [0.3, 0.4) is 0 Å². The smallest absolute Gasteiger partial charge is 0.198 e. The normalized spacial score (nSPS) is 18.4. The van der Waals surface area contributed by atoms with Crippen LogP contribution in [-0.4, -0.2) is 26.0 Å². The van der Waals surface area contributed by atoms with Gasteiger partial charge in [-0.2, -0.15) is 0 Å². The van der Waals surface area contributed by atoms with Crippen LogP contribution in [0.25, 0.3) is 0 Å². The van der Waals surface area contributed by atoms with Gasteiger partial charge in [0.25, 0.3) is 0 Å². The summed E-state index contributed by atoms with van der Waals surface area (Å²) in [4.78, 5) is 15.5. The first-order valence-electron chi connectivity index (χ1n) is 6.50. The minimum atomic E-state index is 0.271. The Balaban J connectivity index is 1.66. The lowest BCUT2D eigenvalue weighted by atomic mass is 10.4. The minimum absolute atomic E-state index is 0.271. The highest BCUT2D eigenvalue weighted by atomic mass is 35.5. The number of hydrogen-bond acceptors (Lipinski definition) is 6. The Morgan fingerprint density at radius 1 is 1.30 bits per heavy atom. The molecule has 2 fully saturated rings. The molecule has 0 aromatic carbocycles. The van der Waals surface area contributed by atoms with E-state index in [9.17, 15) is 4.79 Å². The number of aromatic nitrogens is 4. The Hall–Kier alpha value is -0.920. The summed E-state index contributed by atoms with van der Waals surface area (Å²) in [5, 5.41) is 9.80. The van der Waals surface area contributed by atoms with Gasteiger partial charge in [-0.1, -0.05) is 11.6 Å². The molecule has 2 aliphatic carbocycles. The largest absolute Gasteiger partial charge is 0.302 e. The van der Waals surface area contributed by atoms with Crippen molar-refractivity contribution in [3.63, 3.8) is 0 Å². The van der Waals surface area contributed by atoms with Gasteiger partial charge in [0.15, 0.2) is 20.9 Å². The quantitative estimate of drug-likeness (QED) is 0.786. The molecule has 4 rings (SSSR count). The van der Waals surface area contributed by atoms with Crippen molar-refractivity contribution in [3.05, 3.63) is 15.9 Å². The molecular formula is C12H11ClN4OS2. The van der Waals surface area contributed by atoms with Gasteiger partial charge in [0, 0.05) is 12.0 Å². The Bertz CT molecular complexity index is 675. The first-order valence-corrected chi connectivity index (χ1v) is 8.51. The van der Waals surface area contributed by atoms with E-state index in [0.717, 1.165) is 21.6 Å². The molecule has 0 amide bonds. The van der Waals surface area contributed by atoms with E-state index in [0.29, 0.717) is 16.8 Å². The maximum Gasteiger partial charge on any atom is 0.198 e. The topological polar surface area (TPSA) is 60.7 Å². The van der Waals surface area contributed by atoms with E-state index in [-0.39, 0.29) is 5.15 Å². The molecule has 0 radical (unpaired) electrons. The molecule has 0 saturated heterocycles. The zero-order chi connectivity index (χ0) is 13.7. The first-order chi connectivity index (χ1) is 9.76. The highest BCUT2D eigenvalue weighted by Gasteiger charge is 2.36. The Morgan fingerprint density at radius 3 is 2.70 bits per heavy atom. The third-order valence-corrected chi connectivity index (χ3v) is 5.82. The molecule has 2 saturated carbocycles. The molecular weight excluding hydrogens is 316 g/mol. The van der Waals surface area contributed by atoms with Gasteiger partial charge in [-0.05, 0) is 37.4 Å². The third-order valence-electron chi connectivity index (χ3n) is 3.42. The van der Waals surface area contributed by atoms with Crippen LogP contribution in [0.1, 0.15) is 53.1 Å². The summed E-state index contributed by atoms with van der Waals surface area (Å²) < 4.78 is 3.01. The number of halogens is 1. The molecule has 8 heteroatoms. The predicted molar refractivity (Wildman–Crippen MR) is 76.9 cm³/mol. The van der Waals surface area contributed by atoms with Crippen molar-refractivity contribution >= 4 is 41.0 Å². The number of rotatable bonds is 5. The Labute approximate surface area is 128 Å². The van der Waals surface area contributed by atoms with Gasteiger partial charge in [0.05, 0.1) is 0 Å². The van der Waals surface area contributed by atoms with Gasteiger partial charge in [-0.15, -0.1) is 21.5 Å². The summed E-state index contributed by atoms with van der Waals surface area (Å²) in [6, 6.07) is 0.545. The van der Waals surface area contributed by atoms with Crippen LogP contribution in [0.15, 0.2) is 9.50 Å². The highest BCUT2D eigenvalue weighted by Crippen LogP contribution is 2.47. The van der Waals surface area contributed by atoms with Crippen LogP contribution in [0.4, 0.5) is 0 Å². The van der Waals surface area contributed by atoms with Crippen LogP contribution in [0.2, 0.25) is 5.15 Å². The number of thiazole rings is 1. The SMILES string of the molecule is O=Cc1sc(Sc2nnc(C3CC3)n2C2CC2)nc1Cl. The van der Waals surface area contributed by atoms with Gasteiger partial charge in [-0.3, -0.25) is 4.79 Å². The van der Waals surface area contributed by atoms with E-state index in [1.54, 1.807) is 0 Å². The van der Waals surface area contributed by atoms with Crippen molar-refractivity contribution in [2.45, 2.75) is 47.1 Å². The van der Waals surface area contributed by atoms with Gasteiger partial charge in [0.2, 0.25) is 0 Å². The highest BCUT2D eigenvalue weighted by molar-refractivity contribution is 8.00. The van der Waals surface area contributed by atoms with Crippen molar-refractivity contribution in [3.8, 4) is 0 Å². The fourth-order valence-electron chi connectivity index (χ4n) is 2.14. The lowest BCUT2D eigenvalue weighted by molar-refractivity contribution is 0.112. The second-order valence-electron chi connectivity index (χ2n) is 5.07. The summed E-state index contributed by atoms with van der Waals surface area (Å²) in [5.41, 5.74) is 0. The predicted octanol–water partition coefficient (Wildman–Crippen LogP) is 3.56. The fraction of sp³-hybridized carbons (Fsp3) is 0.500. The molecule has 0 bridgehead atoms. The third kappa shape index (κ3) is 2.27. The van der Waals surface area contributed by atoms with Crippen LogP contribution in [0.5, 0.6) is 0 Å². The van der Waals surface area contributed by atoms with Crippen molar-refractivity contribution < 1.29 is 4.79 Å². The summed E-state index contributed by atoms with van der Waals surface area (Å²) >= 11 is 8.66. The average Bonchev–Trinajstić information content (AvgIpc) is 3.35. The van der Waals surface area contributed by atoms with Crippen molar-refractivity contribution in [1.82, 2.24) is 19.7 Å². The standard InChI is InChI=1S/C12H11ClN4OS2/c13-9-8(5-18)19-12(14-9)20-11-16-15-10(6-1-2-6)17(11)7-3-4-7/h5-7H,1-4H2. The second-order valence-corrected chi connectivity index (χ2v) is 7.67. The minimum Gasteiger partial charge on any atom is -0.302 e. The van der Waals surface area contributed by atoms with E-state index in [2.05, 4.69) is 19.7 Å². The molecule has 0 aliphatic heterocycles. The van der Waals surface area contributed by atoms with Crippen molar-refractivity contribution in [1.29, 1.82) is 0 Å². The number of carbonyl (C=O) groups is 1. The van der Waals surface area contributed by atoms with Crippen LogP contribution >= 0.6 is 34.7 Å². The van der Waals surface area contributed by atoms with Crippen molar-refractivity contribution in [2.24, 2.45) is 0 Å². The molecule has 2 heterocycles. The molecule has 2 aliphatic rings. The Kier molecular flexibility index (Phi) is 3.08. The van der Waals surface area contributed by atoms with Gasteiger partial charge >= 0.3 is 0 Å². The molecule has 0 spiro atoms. The molecule has 2 aromatic rings. The number of hydrogen-bond donors (Lipinski definition) is 0. The lowest BCUT2D eigenvalue weighted by Gasteiger charge is -2.06. The van der Waals surface area contributed by atoms with Crippen LogP contribution in [0, 0.1) is 0 Å². The molecule has 0 atom stereocenters.